The highest BCUT2D eigenvalue weighted by molar-refractivity contribution is 5.78. The summed E-state index contributed by atoms with van der Waals surface area (Å²) in [5.74, 6) is -0.0162. The molecular weight excluding hydrogens is 490 g/mol. The Morgan fingerprint density at radius 3 is 2.45 bits per heavy atom. The van der Waals surface area contributed by atoms with Crippen LogP contribution in [0.3, 0.4) is 0 Å². The molecule has 1 fully saturated rings. The van der Waals surface area contributed by atoms with E-state index in [9.17, 15) is 19.8 Å². The predicted molar refractivity (Wildman–Crippen MR) is 141 cm³/mol. The standard InChI is InChI=1S/C29H45NO8/c1-2-3-4-5-8-14-23(31)18-19-25-24(26(32)20-27(25)33)15-9-6-7-10-17-29(34)38-28-16-12-11-13-22(28)21-37-30(35)36/h6,9,11-13,16,24-27,32-33,35-36H,2-5,7-8,10,14-15,17-21H2,1H3/b9-6-/t24-,25-,26+,27-/m1/s1. The van der Waals surface area contributed by atoms with Gasteiger partial charge in [-0.25, -0.2) is 4.84 Å². The lowest BCUT2D eigenvalue weighted by molar-refractivity contribution is -0.497. The number of hydrogen-bond acceptors (Lipinski definition) is 9. The van der Waals surface area contributed by atoms with Crippen LogP contribution in [0.2, 0.25) is 0 Å². The molecule has 0 radical (unpaired) electrons. The van der Waals surface area contributed by atoms with Gasteiger partial charge >= 0.3 is 5.97 Å². The zero-order valence-electron chi connectivity index (χ0n) is 22.5. The maximum atomic E-state index is 12.3. The van der Waals surface area contributed by atoms with Crippen LogP contribution in [0.1, 0.15) is 96.0 Å². The largest absolute Gasteiger partial charge is 0.426 e. The summed E-state index contributed by atoms with van der Waals surface area (Å²) >= 11 is 0. The number of aliphatic hydroxyl groups excluding tert-OH is 2. The van der Waals surface area contributed by atoms with Gasteiger partial charge in [0.15, 0.2) is 0 Å². The van der Waals surface area contributed by atoms with Gasteiger partial charge in [0.2, 0.25) is 0 Å². The fourth-order valence-electron chi connectivity index (χ4n) is 5.04. The van der Waals surface area contributed by atoms with Gasteiger partial charge in [0.05, 0.1) is 17.6 Å². The lowest BCUT2D eigenvalue weighted by atomic mass is 9.86. The Morgan fingerprint density at radius 1 is 0.947 bits per heavy atom. The molecule has 0 unspecified atom stereocenters. The summed E-state index contributed by atoms with van der Waals surface area (Å²) in [7, 11) is 0. The Kier molecular flexibility index (Phi) is 15.4. The fraction of sp³-hybridized carbons (Fsp3) is 0.655. The first-order chi connectivity index (χ1) is 18.3. The van der Waals surface area contributed by atoms with Crippen LogP contribution < -0.4 is 4.74 Å². The van der Waals surface area contributed by atoms with E-state index in [0.29, 0.717) is 56.3 Å². The number of carbonyl (C=O) groups excluding carboxylic acids is 2. The minimum atomic E-state index is -0.582. The number of Topliss-reactive ketones (excluding diaryl/α,β-unsaturated/α-hetero) is 1. The highest BCUT2D eigenvalue weighted by Crippen LogP contribution is 2.38. The number of carbonyl (C=O) groups is 2. The molecule has 0 heterocycles. The number of benzene rings is 1. The molecule has 1 aliphatic rings. The number of aliphatic hydroxyl groups is 2. The van der Waals surface area contributed by atoms with E-state index in [4.69, 9.17) is 15.2 Å². The van der Waals surface area contributed by atoms with E-state index in [2.05, 4.69) is 11.8 Å². The summed E-state index contributed by atoms with van der Waals surface area (Å²) in [6.07, 6.45) is 12.5. The number of esters is 1. The minimum absolute atomic E-state index is 0.0731. The number of rotatable bonds is 19. The van der Waals surface area contributed by atoms with E-state index in [1.54, 1.807) is 24.3 Å². The molecule has 4 atom stereocenters. The Hall–Kier alpha value is -2.14. The molecule has 4 N–H and O–H groups in total. The average Bonchev–Trinajstić information content (AvgIpc) is 3.15. The van der Waals surface area contributed by atoms with Crippen LogP contribution in [0.4, 0.5) is 0 Å². The van der Waals surface area contributed by atoms with E-state index >= 15 is 0 Å². The average molecular weight is 536 g/mol. The molecule has 214 valence electrons. The zero-order valence-corrected chi connectivity index (χ0v) is 22.5. The van der Waals surface area contributed by atoms with E-state index in [1.807, 2.05) is 12.2 Å². The second-order valence-corrected chi connectivity index (χ2v) is 10.1. The van der Waals surface area contributed by atoms with Gasteiger partial charge < -0.3 is 14.9 Å². The monoisotopic (exact) mass is 535 g/mol. The maximum absolute atomic E-state index is 12.3. The topological polar surface area (TPSA) is 137 Å². The van der Waals surface area contributed by atoms with E-state index < -0.39 is 23.6 Å². The quantitative estimate of drug-likeness (QED) is 0.0612. The van der Waals surface area contributed by atoms with Crippen molar-refractivity contribution in [2.75, 3.05) is 0 Å². The molecule has 9 nitrogen and oxygen atoms in total. The molecule has 38 heavy (non-hydrogen) atoms. The van der Waals surface area contributed by atoms with Gasteiger partial charge in [0.25, 0.3) is 0 Å². The van der Waals surface area contributed by atoms with E-state index in [1.165, 1.54) is 19.3 Å². The van der Waals surface area contributed by atoms with Gasteiger partial charge in [-0.3, -0.25) is 20.0 Å². The summed E-state index contributed by atoms with van der Waals surface area (Å²) in [4.78, 5) is 29.1. The molecule has 1 aromatic carbocycles. The summed E-state index contributed by atoms with van der Waals surface area (Å²) in [6.45, 7) is 2.00. The minimum Gasteiger partial charge on any atom is -0.426 e. The highest BCUT2D eigenvalue weighted by atomic mass is 17.1. The fourth-order valence-corrected chi connectivity index (χ4v) is 5.04. The Labute approximate surface area is 225 Å². The lowest BCUT2D eigenvalue weighted by Crippen LogP contribution is -2.22. The molecular formula is C29H45NO8. The molecule has 9 heteroatoms. The number of unbranched alkanes of at least 4 members (excludes halogenated alkanes) is 5. The van der Waals surface area contributed by atoms with E-state index in [0.717, 1.165) is 12.8 Å². The smallest absolute Gasteiger partial charge is 0.311 e. The van der Waals surface area contributed by atoms with Crippen molar-refractivity contribution < 1.29 is 39.8 Å². The first kappa shape index (κ1) is 32.1. The van der Waals surface area contributed by atoms with Gasteiger partial charge in [0.1, 0.15) is 18.1 Å². The van der Waals surface area contributed by atoms with Crippen molar-refractivity contribution in [3.63, 3.8) is 0 Å². The number of nitrogens with zero attached hydrogens (tertiary/aromatic N) is 1. The van der Waals surface area contributed by atoms with Crippen molar-refractivity contribution >= 4 is 11.8 Å². The Bertz CT molecular complexity index is 859. The van der Waals surface area contributed by atoms with Crippen LogP contribution in [-0.4, -0.2) is 50.0 Å². The number of allylic oxidation sites excluding steroid dienone is 2. The molecule has 0 bridgehead atoms. The van der Waals surface area contributed by atoms with Crippen LogP contribution >= 0.6 is 0 Å². The van der Waals surface area contributed by atoms with Crippen molar-refractivity contribution in [3.8, 4) is 5.75 Å². The van der Waals surface area contributed by atoms with Crippen LogP contribution in [0, 0.1) is 11.8 Å². The van der Waals surface area contributed by atoms with Crippen molar-refractivity contribution in [1.29, 1.82) is 0 Å². The molecule has 0 spiro atoms. The summed E-state index contributed by atoms with van der Waals surface area (Å²) < 4.78 is 5.38. The number of ketones is 1. The highest BCUT2D eigenvalue weighted by Gasteiger charge is 2.40. The Balaban J connectivity index is 1.69. The molecule has 0 aliphatic heterocycles. The zero-order chi connectivity index (χ0) is 27.8. The van der Waals surface area contributed by atoms with Crippen molar-refractivity contribution in [2.24, 2.45) is 11.8 Å². The SMILES string of the molecule is CCCCCCCC(=O)CC[C@@H]1[C@@H](C/C=C\CCCC(=O)Oc2ccccc2CON(O)O)[C@@H](O)C[C@H]1O. The summed E-state index contributed by atoms with van der Waals surface area (Å²) in [5.41, 5.74) is 0.495. The number of ether oxygens (including phenoxy) is 1. The molecule has 2 rings (SSSR count). The second-order valence-electron chi connectivity index (χ2n) is 10.1. The molecule has 0 aromatic heterocycles. The van der Waals surface area contributed by atoms with E-state index in [-0.39, 0.29) is 30.6 Å². The van der Waals surface area contributed by atoms with Gasteiger partial charge in [-0.1, -0.05) is 63.0 Å². The van der Waals surface area contributed by atoms with Crippen molar-refractivity contribution in [1.82, 2.24) is 5.39 Å². The second kappa shape index (κ2) is 18.2. The number of hydrogen-bond donors (Lipinski definition) is 4. The maximum Gasteiger partial charge on any atom is 0.311 e. The lowest BCUT2D eigenvalue weighted by Gasteiger charge is -2.22. The first-order valence-electron chi connectivity index (χ1n) is 13.9. The van der Waals surface area contributed by atoms with Gasteiger partial charge in [0, 0.05) is 24.8 Å². The van der Waals surface area contributed by atoms with Crippen molar-refractivity contribution in [3.05, 3.63) is 42.0 Å². The third-order valence-electron chi connectivity index (χ3n) is 7.20. The predicted octanol–water partition coefficient (Wildman–Crippen LogP) is 5.29. The molecule has 0 amide bonds. The number of para-hydroxylation sites is 1. The molecule has 1 aliphatic carbocycles. The van der Waals surface area contributed by atoms with Crippen LogP contribution in [0.5, 0.6) is 5.75 Å². The summed E-state index contributed by atoms with van der Waals surface area (Å²) in [6, 6.07) is 6.69. The summed E-state index contributed by atoms with van der Waals surface area (Å²) in [5, 5.41) is 37.9. The first-order valence-corrected chi connectivity index (χ1v) is 13.9. The van der Waals surface area contributed by atoms with Crippen LogP contribution in [-0.2, 0) is 21.0 Å². The van der Waals surface area contributed by atoms with Gasteiger partial charge in [-0.05, 0) is 56.4 Å². The molecule has 1 saturated carbocycles. The molecule has 0 saturated heterocycles. The van der Waals surface area contributed by atoms with Crippen LogP contribution in [0.25, 0.3) is 0 Å². The van der Waals surface area contributed by atoms with Gasteiger partial charge in [-0.2, -0.15) is 0 Å². The van der Waals surface area contributed by atoms with Crippen molar-refractivity contribution in [2.45, 2.75) is 109 Å². The molecule has 1 aromatic rings. The van der Waals surface area contributed by atoms with Gasteiger partial charge in [-0.15, -0.1) is 0 Å². The Morgan fingerprint density at radius 2 is 1.68 bits per heavy atom. The normalized spacial score (nSPS) is 21.4. The van der Waals surface area contributed by atoms with Crippen LogP contribution in [0.15, 0.2) is 36.4 Å². The third kappa shape index (κ3) is 12.1. The third-order valence-corrected chi connectivity index (χ3v) is 7.20.